The van der Waals surface area contributed by atoms with Crippen LogP contribution < -0.4 is 5.32 Å². The van der Waals surface area contributed by atoms with Crippen LogP contribution in [-0.2, 0) is 5.75 Å². The average Bonchev–Trinajstić information content (AvgIpc) is 3.30. The number of aliphatic hydroxyl groups is 1. The van der Waals surface area contributed by atoms with E-state index in [4.69, 9.17) is 0 Å². The van der Waals surface area contributed by atoms with E-state index in [0.717, 1.165) is 29.5 Å². The molecular weight excluding hydrogens is 320 g/mol. The lowest BCUT2D eigenvalue weighted by Crippen LogP contribution is -2.38. The molecule has 1 unspecified atom stereocenters. The predicted octanol–water partition coefficient (Wildman–Crippen LogP) is 4.10. The van der Waals surface area contributed by atoms with Gasteiger partial charge in [0.2, 0.25) is 0 Å². The van der Waals surface area contributed by atoms with Crippen LogP contribution in [-0.4, -0.2) is 41.0 Å². The molecule has 0 aliphatic heterocycles. The molecule has 0 radical (unpaired) electrons. The van der Waals surface area contributed by atoms with E-state index in [0.29, 0.717) is 12.5 Å². The number of nitrogens with one attached hydrogen (secondary N) is 1. The van der Waals surface area contributed by atoms with Gasteiger partial charge in [0.15, 0.2) is 0 Å². The fourth-order valence-corrected chi connectivity index (χ4v) is 4.49. The van der Waals surface area contributed by atoms with Crippen molar-refractivity contribution in [2.45, 2.75) is 55.6 Å². The second kappa shape index (κ2) is 8.26. The first-order chi connectivity index (χ1) is 11.6. The summed E-state index contributed by atoms with van der Waals surface area (Å²) >= 11 is 2.03. The van der Waals surface area contributed by atoms with Crippen molar-refractivity contribution >= 4 is 23.5 Å². The van der Waals surface area contributed by atoms with Crippen LogP contribution in [0.4, 0.5) is 10.5 Å². The van der Waals surface area contributed by atoms with Crippen molar-refractivity contribution < 1.29 is 9.90 Å². The molecule has 4 nitrogen and oxygen atoms in total. The quantitative estimate of drug-likeness (QED) is 0.780. The molecule has 0 saturated heterocycles. The lowest BCUT2D eigenvalue weighted by Gasteiger charge is -2.21. The van der Waals surface area contributed by atoms with Gasteiger partial charge in [-0.2, -0.15) is 11.8 Å². The van der Waals surface area contributed by atoms with Crippen LogP contribution in [0.1, 0.15) is 44.1 Å². The molecule has 0 aromatic heterocycles. The van der Waals surface area contributed by atoms with Gasteiger partial charge in [-0.3, -0.25) is 0 Å². The smallest absolute Gasteiger partial charge is 0.321 e. The largest absolute Gasteiger partial charge is 0.391 e. The summed E-state index contributed by atoms with van der Waals surface area (Å²) < 4.78 is 0. The number of hydrogen-bond acceptors (Lipinski definition) is 3. The Balaban J connectivity index is 1.48. The van der Waals surface area contributed by atoms with Crippen molar-refractivity contribution in [2.24, 2.45) is 5.92 Å². The van der Waals surface area contributed by atoms with Crippen molar-refractivity contribution in [1.29, 1.82) is 0 Å². The zero-order chi connectivity index (χ0) is 16.9. The summed E-state index contributed by atoms with van der Waals surface area (Å²) in [4.78, 5) is 13.8. The maximum Gasteiger partial charge on any atom is 0.321 e. The van der Waals surface area contributed by atoms with E-state index in [9.17, 15) is 9.90 Å². The van der Waals surface area contributed by atoms with Gasteiger partial charge < -0.3 is 15.3 Å². The number of benzene rings is 1. The molecule has 24 heavy (non-hydrogen) atoms. The molecule has 0 heterocycles. The van der Waals surface area contributed by atoms with E-state index in [-0.39, 0.29) is 6.03 Å². The first-order valence-electron chi connectivity index (χ1n) is 9.02. The van der Waals surface area contributed by atoms with Crippen molar-refractivity contribution in [3.8, 4) is 0 Å². The molecule has 0 spiro atoms. The number of carbonyl (C=O) groups excluding carboxylic acids is 1. The summed E-state index contributed by atoms with van der Waals surface area (Å²) in [6.45, 7) is 0.397. The van der Waals surface area contributed by atoms with E-state index >= 15 is 0 Å². The molecule has 2 aliphatic rings. The van der Waals surface area contributed by atoms with Crippen LogP contribution >= 0.6 is 11.8 Å². The monoisotopic (exact) mass is 348 g/mol. The highest BCUT2D eigenvalue weighted by atomic mass is 32.2. The third-order valence-corrected chi connectivity index (χ3v) is 6.38. The topological polar surface area (TPSA) is 52.6 Å². The Morgan fingerprint density at radius 3 is 2.79 bits per heavy atom. The molecule has 1 aromatic rings. The van der Waals surface area contributed by atoms with E-state index < -0.39 is 6.10 Å². The number of likely N-dealkylation sites (N-methyl/N-ethyl adjacent to an activating group) is 1. The highest BCUT2D eigenvalue weighted by Crippen LogP contribution is 2.33. The minimum atomic E-state index is -0.394. The van der Waals surface area contributed by atoms with Gasteiger partial charge in [0.25, 0.3) is 0 Å². The van der Waals surface area contributed by atoms with Crippen LogP contribution in [0.15, 0.2) is 24.3 Å². The van der Waals surface area contributed by atoms with Gasteiger partial charge in [0.05, 0.1) is 6.10 Å². The predicted molar refractivity (Wildman–Crippen MR) is 100 cm³/mol. The van der Waals surface area contributed by atoms with Crippen LogP contribution in [0.3, 0.4) is 0 Å². The Morgan fingerprint density at radius 2 is 2.08 bits per heavy atom. The summed E-state index contributed by atoms with van der Waals surface area (Å²) in [5, 5.41) is 13.7. The van der Waals surface area contributed by atoms with Crippen LogP contribution in [0, 0.1) is 5.92 Å². The molecule has 132 valence electrons. The minimum absolute atomic E-state index is 0.157. The minimum Gasteiger partial charge on any atom is -0.391 e. The standard InChI is InChI=1S/C19H28N2O2S/c1-21(12-18(22)15-9-10-15)19(23)20-16-6-4-5-14(11-16)13-24-17-7-2-3-8-17/h4-6,11,15,17-18,22H,2-3,7-10,12-13H2,1H3,(H,20,23). The Kier molecular flexibility index (Phi) is 6.06. The number of hydrogen-bond donors (Lipinski definition) is 2. The first-order valence-corrected chi connectivity index (χ1v) is 10.1. The van der Waals surface area contributed by atoms with Crippen LogP contribution in [0.2, 0.25) is 0 Å². The summed E-state index contributed by atoms with van der Waals surface area (Å²) in [5.41, 5.74) is 2.09. The first kappa shape index (κ1) is 17.6. The zero-order valence-electron chi connectivity index (χ0n) is 14.4. The SMILES string of the molecule is CN(CC(O)C1CC1)C(=O)Nc1cccc(CSC2CCCC2)c1. The molecule has 1 atom stereocenters. The number of carbonyl (C=O) groups is 1. The average molecular weight is 349 g/mol. The summed E-state index contributed by atoms with van der Waals surface area (Å²) in [6.07, 6.45) is 7.19. The molecule has 1 aromatic carbocycles. The molecule has 0 bridgehead atoms. The Morgan fingerprint density at radius 1 is 1.33 bits per heavy atom. The van der Waals surface area contributed by atoms with Gasteiger partial charge in [-0.15, -0.1) is 0 Å². The van der Waals surface area contributed by atoms with Crippen molar-refractivity contribution in [3.63, 3.8) is 0 Å². The number of rotatable bonds is 7. The fourth-order valence-electron chi connectivity index (χ4n) is 3.22. The van der Waals surface area contributed by atoms with E-state index in [1.807, 2.05) is 23.9 Å². The van der Waals surface area contributed by atoms with Gasteiger partial charge in [0.1, 0.15) is 0 Å². The van der Waals surface area contributed by atoms with Crippen molar-refractivity contribution in [3.05, 3.63) is 29.8 Å². The second-order valence-corrected chi connectivity index (χ2v) is 8.42. The Bertz CT molecular complexity index is 556. The van der Waals surface area contributed by atoms with Gasteiger partial charge in [-0.25, -0.2) is 4.79 Å². The number of nitrogens with zero attached hydrogens (tertiary/aromatic N) is 1. The molecule has 2 saturated carbocycles. The molecule has 2 fully saturated rings. The molecule has 3 rings (SSSR count). The van der Waals surface area contributed by atoms with Gasteiger partial charge in [0, 0.05) is 30.3 Å². The summed E-state index contributed by atoms with van der Waals surface area (Å²) in [5.74, 6) is 1.39. The third kappa shape index (κ3) is 5.15. The zero-order valence-corrected chi connectivity index (χ0v) is 15.2. The van der Waals surface area contributed by atoms with Gasteiger partial charge >= 0.3 is 6.03 Å². The second-order valence-electron chi connectivity index (χ2n) is 7.13. The van der Waals surface area contributed by atoms with Gasteiger partial charge in [-0.05, 0) is 49.3 Å². The number of aliphatic hydroxyl groups excluding tert-OH is 1. The molecule has 2 N–H and O–H groups in total. The molecular formula is C19H28N2O2S. The van der Waals surface area contributed by atoms with Gasteiger partial charge in [-0.1, -0.05) is 25.0 Å². The van der Waals surface area contributed by atoms with E-state index in [1.54, 1.807) is 11.9 Å². The number of urea groups is 1. The Labute approximate surface area is 149 Å². The van der Waals surface area contributed by atoms with E-state index in [1.165, 1.54) is 31.2 Å². The third-order valence-electron chi connectivity index (χ3n) is 4.94. The highest BCUT2D eigenvalue weighted by Gasteiger charge is 2.31. The summed E-state index contributed by atoms with van der Waals surface area (Å²) in [6, 6.07) is 7.95. The van der Waals surface area contributed by atoms with E-state index in [2.05, 4.69) is 17.4 Å². The van der Waals surface area contributed by atoms with Crippen molar-refractivity contribution in [1.82, 2.24) is 4.90 Å². The van der Waals surface area contributed by atoms with Crippen molar-refractivity contribution in [2.75, 3.05) is 18.9 Å². The summed E-state index contributed by atoms with van der Waals surface area (Å²) in [7, 11) is 1.74. The maximum absolute atomic E-state index is 12.3. The highest BCUT2D eigenvalue weighted by molar-refractivity contribution is 7.99. The number of amides is 2. The van der Waals surface area contributed by atoms with Crippen LogP contribution in [0.5, 0.6) is 0 Å². The Hall–Kier alpha value is -1.20. The molecule has 2 aliphatic carbocycles. The molecule has 2 amide bonds. The van der Waals surface area contributed by atoms with Crippen LogP contribution in [0.25, 0.3) is 0 Å². The number of thioether (sulfide) groups is 1. The fraction of sp³-hybridized carbons (Fsp3) is 0.632. The maximum atomic E-state index is 12.3. The number of anilines is 1. The lowest BCUT2D eigenvalue weighted by molar-refractivity contribution is 0.117. The normalized spacial score (nSPS) is 19.2. The lowest BCUT2D eigenvalue weighted by atomic mass is 10.2. The molecule has 5 heteroatoms.